The Morgan fingerprint density at radius 3 is 2.63 bits per heavy atom. The fourth-order valence-corrected chi connectivity index (χ4v) is 4.22. The van der Waals surface area contributed by atoms with Crippen LogP contribution in [-0.4, -0.2) is 53.6 Å². The van der Waals surface area contributed by atoms with E-state index in [1.807, 2.05) is 50.2 Å². The molecule has 1 unspecified atom stereocenters. The summed E-state index contributed by atoms with van der Waals surface area (Å²) in [6.45, 7) is 5.89. The van der Waals surface area contributed by atoms with E-state index in [4.69, 9.17) is 30.9 Å². The maximum Gasteiger partial charge on any atom is 0.317 e. The molecule has 1 aromatic heterocycles. The number of aromatic nitrogens is 2. The van der Waals surface area contributed by atoms with Gasteiger partial charge in [-0.1, -0.05) is 23.7 Å². The SMILES string of the molecule is CCNC(=O)N(Cc1c(C)nn(-c2ccc(Cl)cc2)c1Oc1ccccc1OC)CC1CCCO1. The van der Waals surface area contributed by atoms with Gasteiger partial charge in [-0.2, -0.15) is 5.10 Å². The molecular formula is C26H31ClN4O4. The van der Waals surface area contributed by atoms with Gasteiger partial charge in [-0.15, -0.1) is 0 Å². The monoisotopic (exact) mass is 498 g/mol. The zero-order valence-corrected chi connectivity index (χ0v) is 21.0. The Kier molecular flexibility index (Phi) is 8.15. The van der Waals surface area contributed by atoms with Gasteiger partial charge < -0.3 is 24.4 Å². The summed E-state index contributed by atoms with van der Waals surface area (Å²) in [7, 11) is 1.60. The number of methoxy groups -OCH3 is 1. The zero-order chi connectivity index (χ0) is 24.8. The van der Waals surface area contributed by atoms with Gasteiger partial charge in [0.1, 0.15) is 0 Å². The van der Waals surface area contributed by atoms with Gasteiger partial charge in [0, 0.05) is 24.7 Å². The molecule has 1 N–H and O–H groups in total. The maximum atomic E-state index is 13.0. The van der Waals surface area contributed by atoms with E-state index in [0.717, 1.165) is 36.4 Å². The smallest absolute Gasteiger partial charge is 0.317 e. The molecule has 1 aliphatic rings. The molecule has 3 aromatic rings. The zero-order valence-electron chi connectivity index (χ0n) is 20.3. The number of rotatable bonds is 9. The molecule has 1 atom stereocenters. The number of nitrogens with zero attached hydrogens (tertiary/aromatic N) is 3. The molecule has 35 heavy (non-hydrogen) atoms. The van der Waals surface area contributed by atoms with Gasteiger partial charge >= 0.3 is 6.03 Å². The van der Waals surface area contributed by atoms with Crippen molar-refractivity contribution in [2.24, 2.45) is 0 Å². The van der Waals surface area contributed by atoms with Gasteiger partial charge in [0.05, 0.1) is 36.7 Å². The van der Waals surface area contributed by atoms with Crippen molar-refractivity contribution in [3.05, 3.63) is 64.8 Å². The van der Waals surface area contributed by atoms with E-state index in [2.05, 4.69) is 5.32 Å². The molecule has 1 fully saturated rings. The summed E-state index contributed by atoms with van der Waals surface area (Å²) in [5.41, 5.74) is 2.35. The number of aryl methyl sites for hydroxylation is 1. The van der Waals surface area contributed by atoms with Gasteiger partial charge in [0.2, 0.25) is 5.88 Å². The minimum absolute atomic E-state index is 0.0165. The molecule has 2 amide bonds. The van der Waals surface area contributed by atoms with Crippen LogP contribution >= 0.6 is 11.6 Å². The van der Waals surface area contributed by atoms with Crippen LogP contribution in [0.15, 0.2) is 48.5 Å². The lowest BCUT2D eigenvalue weighted by atomic mass is 10.2. The van der Waals surface area contributed by atoms with Crippen molar-refractivity contribution < 1.29 is 19.0 Å². The van der Waals surface area contributed by atoms with Crippen molar-refractivity contribution in [2.45, 2.75) is 39.3 Å². The Morgan fingerprint density at radius 1 is 1.23 bits per heavy atom. The minimum atomic E-state index is -0.148. The van der Waals surface area contributed by atoms with E-state index < -0.39 is 0 Å². The molecule has 1 saturated heterocycles. The van der Waals surface area contributed by atoms with Crippen molar-refractivity contribution in [1.29, 1.82) is 0 Å². The molecule has 1 aliphatic heterocycles. The lowest BCUT2D eigenvalue weighted by molar-refractivity contribution is 0.0793. The predicted octanol–water partition coefficient (Wildman–Crippen LogP) is 5.35. The lowest BCUT2D eigenvalue weighted by Gasteiger charge is -2.26. The van der Waals surface area contributed by atoms with E-state index in [1.54, 1.807) is 28.8 Å². The quantitative estimate of drug-likeness (QED) is 0.430. The molecular weight excluding hydrogens is 468 g/mol. The highest BCUT2D eigenvalue weighted by molar-refractivity contribution is 6.30. The highest BCUT2D eigenvalue weighted by Crippen LogP contribution is 2.36. The molecule has 2 aromatic carbocycles. The number of urea groups is 1. The fourth-order valence-electron chi connectivity index (χ4n) is 4.10. The standard InChI is InChI=1S/C26H31ClN4O4/c1-4-28-26(32)30(16-21-8-7-15-34-21)17-22-18(2)29-31(20-13-11-19(27)12-14-20)25(22)35-24-10-6-5-9-23(24)33-3/h5-6,9-14,21H,4,7-8,15-17H2,1-3H3,(H,28,32). The number of carbonyl (C=O) groups is 1. The number of carbonyl (C=O) groups excluding carboxylic acids is 1. The lowest BCUT2D eigenvalue weighted by Crippen LogP contribution is -2.43. The first-order valence-electron chi connectivity index (χ1n) is 11.8. The molecule has 0 radical (unpaired) electrons. The van der Waals surface area contributed by atoms with Gasteiger partial charge in [-0.3, -0.25) is 0 Å². The van der Waals surface area contributed by atoms with Crippen molar-refractivity contribution in [1.82, 2.24) is 20.0 Å². The first-order chi connectivity index (χ1) is 17.0. The molecule has 186 valence electrons. The molecule has 0 saturated carbocycles. The van der Waals surface area contributed by atoms with Crippen LogP contribution < -0.4 is 14.8 Å². The van der Waals surface area contributed by atoms with Crippen LogP contribution in [0, 0.1) is 6.92 Å². The third-order valence-corrected chi connectivity index (χ3v) is 6.15. The van der Waals surface area contributed by atoms with Gasteiger partial charge in [0.25, 0.3) is 0 Å². The van der Waals surface area contributed by atoms with E-state index in [9.17, 15) is 4.79 Å². The van der Waals surface area contributed by atoms with Gasteiger partial charge in [-0.05, 0) is 63.1 Å². The highest BCUT2D eigenvalue weighted by Gasteiger charge is 2.27. The molecule has 0 spiro atoms. The number of hydrogen-bond acceptors (Lipinski definition) is 5. The number of ether oxygens (including phenoxy) is 3. The molecule has 4 rings (SSSR count). The maximum absolute atomic E-state index is 13.0. The normalized spacial score (nSPS) is 15.1. The van der Waals surface area contributed by atoms with Crippen molar-refractivity contribution in [3.8, 4) is 23.1 Å². The molecule has 2 heterocycles. The molecule has 0 aliphatic carbocycles. The van der Waals surface area contributed by atoms with Gasteiger partial charge in [0.15, 0.2) is 11.5 Å². The van der Waals surface area contributed by atoms with Crippen LogP contribution in [-0.2, 0) is 11.3 Å². The van der Waals surface area contributed by atoms with E-state index in [0.29, 0.717) is 42.0 Å². The minimum Gasteiger partial charge on any atom is -0.493 e. The Bertz CT molecular complexity index is 1140. The Balaban J connectivity index is 1.75. The third-order valence-electron chi connectivity index (χ3n) is 5.90. The molecule has 0 bridgehead atoms. The van der Waals surface area contributed by atoms with Crippen molar-refractivity contribution in [2.75, 3.05) is 26.8 Å². The molecule has 8 nitrogen and oxygen atoms in total. The van der Waals surface area contributed by atoms with E-state index in [-0.39, 0.29) is 12.1 Å². The number of para-hydroxylation sites is 2. The predicted molar refractivity (Wildman–Crippen MR) is 135 cm³/mol. The van der Waals surface area contributed by atoms with Crippen LogP contribution in [0.4, 0.5) is 4.79 Å². The Labute approximate surface area is 210 Å². The van der Waals surface area contributed by atoms with Gasteiger partial charge in [-0.25, -0.2) is 9.48 Å². The summed E-state index contributed by atoms with van der Waals surface area (Å²) in [6.07, 6.45) is 1.95. The van der Waals surface area contributed by atoms with Crippen LogP contribution in [0.3, 0.4) is 0 Å². The van der Waals surface area contributed by atoms with Crippen molar-refractivity contribution in [3.63, 3.8) is 0 Å². The third kappa shape index (κ3) is 5.89. The van der Waals surface area contributed by atoms with E-state index >= 15 is 0 Å². The number of halogens is 1. The number of benzene rings is 2. The summed E-state index contributed by atoms with van der Waals surface area (Å²) in [5.74, 6) is 1.66. The van der Waals surface area contributed by atoms with Crippen LogP contribution in [0.1, 0.15) is 31.0 Å². The first kappa shape index (κ1) is 24.9. The van der Waals surface area contributed by atoms with Crippen molar-refractivity contribution >= 4 is 17.6 Å². The van der Waals surface area contributed by atoms with Crippen LogP contribution in [0.25, 0.3) is 5.69 Å². The average Bonchev–Trinajstić information content (AvgIpc) is 3.48. The Morgan fingerprint density at radius 2 is 1.97 bits per heavy atom. The second-order valence-corrected chi connectivity index (χ2v) is 8.80. The fraction of sp³-hybridized carbons (Fsp3) is 0.385. The summed E-state index contributed by atoms with van der Waals surface area (Å²) in [4.78, 5) is 14.8. The van der Waals surface area contributed by atoms with Crippen LogP contribution in [0.5, 0.6) is 17.4 Å². The second kappa shape index (κ2) is 11.5. The summed E-state index contributed by atoms with van der Waals surface area (Å²) < 4.78 is 19.5. The first-order valence-corrected chi connectivity index (χ1v) is 12.2. The number of amides is 2. The number of hydrogen-bond donors (Lipinski definition) is 1. The highest BCUT2D eigenvalue weighted by atomic mass is 35.5. The van der Waals surface area contributed by atoms with E-state index in [1.165, 1.54) is 0 Å². The molecule has 9 heteroatoms. The second-order valence-electron chi connectivity index (χ2n) is 8.36. The summed E-state index contributed by atoms with van der Waals surface area (Å²) >= 11 is 6.12. The number of nitrogens with one attached hydrogen (secondary N) is 1. The Hall–Kier alpha value is -3.23. The summed E-state index contributed by atoms with van der Waals surface area (Å²) in [6, 6.07) is 14.7. The largest absolute Gasteiger partial charge is 0.493 e. The topological polar surface area (TPSA) is 77.9 Å². The average molecular weight is 499 g/mol. The van der Waals surface area contributed by atoms with Crippen LogP contribution in [0.2, 0.25) is 5.02 Å². The summed E-state index contributed by atoms with van der Waals surface area (Å²) in [5, 5.41) is 8.32.